The number of rotatable bonds is 5. The predicted molar refractivity (Wildman–Crippen MR) is 111 cm³/mol. The largest absolute Gasteiger partial charge is 0.341 e. The normalized spacial score (nSPS) is 31.4. The molecule has 3 saturated heterocycles. The zero-order chi connectivity index (χ0) is 19.5. The molecule has 0 saturated carbocycles. The smallest absolute Gasteiger partial charge is 0.241 e. The van der Waals surface area contributed by atoms with Crippen molar-refractivity contribution in [3.63, 3.8) is 0 Å². The van der Waals surface area contributed by atoms with Crippen molar-refractivity contribution in [2.75, 3.05) is 19.6 Å². The second-order valence-electron chi connectivity index (χ2n) is 8.61. The molecule has 6 heteroatoms. The summed E-state index contributed by atoms with van der Waals surface area (Å²) in [5.41, 5.74) is 16.0. The first-order valence-electron chi connectivity index (χ1n) is 11.1. The van der Waals surface area contributed by atoms with E-state index in [1.165, 1.54) is 17.5 Å². The van der Waals surface area contributed by atoms with E-state index in [1.807, 2.05) is 0 Å². The summed E-state index contributed by atoms with van der Waals surface area (Å²) in [6, 6.07) is 9.38. The Morgan fingerprint density at radius 3 is 2.50 bits per heavy atom. The first-order chi connectivity index (χ1) is 13.7. The second-order valence-corrected chi connectivity index (χ2v) is 8.61. The van der Waals surface area contributed by atoms with Crippen LogP contribution in [0.25, 0.3) is 0 Å². The minimum absolute atomic E-state index is 0.123. The molecule has 0 aliphatic carbocycles. The maximum Gasteiger partial charge on any atom is 0.241 e. The van der Waals surface area contributed by atoms with Gasteiger partial charge in [0.05, 0.1) is 0 Å². The number of nitrogens with one attached hydrogen (secondary N) is 4. The van der Waals surface area contributed by atoms with Gasteiger partial charge in [-0.15, -0.1) is 0 Å². The summed E-state index contributed by atoms with van der Waals surface area (Å²) in [6.45, 7) is 7.27. The Kier molecular flexibility index (Phi) is 6.31. The van der Waals surface area contributed by atoms with Gasteiger partial charge < -0.3 is 4.90 Å². The number of likely N-dealkylation sites (tertiary alicyclic amines) is 1. The van der Waals surface area contributed by atoms with Gasteiger partial charge in [-0.05, 0) is 48.6 Å². The Labute approximate surface area is 168 Å². The molecule has 4 N–H and O–H groups in total. The predicted octanol–water partition coefficient (Wildman–Crippen LogP) is 1.90. The lowest BCUT2D eigenvalue weighted by Crippen LogP contribution is -2.50. The highest BCUT2D eigenvalue weighted by atomic mass is 16.2. The summed E-state index contributed by atoms with van der Waals surface area (Å²) in [5, 5.41) is 0. The van der Waals surface area contributed by atoms with Crippen molar-refractivity contribution in [1.29, 1.82) is 0 Å². The molecule has 28 heavy (non-hydrogen) atoms. The van der Waals surface area contributed by atoms with Crippen LogP contribution >= 0.6 is 0 Å². The SMILES string of the molecule is CCc1ccc(C2CC(C(=O)N3CCC(C4NNCC4CC)CC3)NN2)cc1. The maximum absolute atomic E-state index is 13.0. The summed E-state index contributed by atoms with van der Waals surface area (Å²) in [6.07, 6.45) is 5.28. The van der Waals surface area contributed by atoms with E-state index in [2.05, 4.69) is 64.7 Å². The zero-order valence-corrected chi connectivity index (χ0v) is 17.2. The Balaban J connectivity index is 1.28. The topological polar surface area (TPSA) is 68.4 Å². The van der Waals surface area contributed by atoms with Crippen molar-refractivity contribution in [3.8, 4) is 0 Å². The molecular weight excluding hydrogens is 350 g/mol. The Morgan fingerprint density at radius 1 is 1.07 bits per heavy atom. The number of benzene rings is 1. The van der Waals surface area contributed by atoms with Crippen LogP contribution in [-0.4, -0.2) is 42.5 Å². The van der Waals surface area contributed by atoms with Crippen LogP contribution in [0.4, 0.5) is 0 Å². The van der Waals surface area contributed by atoms with Gasteiger partial charge in [-0.1, -0.05) is 44.5 Å². The third kappa shape index (κ3) is 4.10. The average molecular weight is 386 g/mol. The van der Waals surface area contributed by atoms with Crippen LogP contribution in [0.15, 0.2) is 24.3 Å². The monoisotopic (exact) mass is 385 g/mol. The van der Waals surface area contributed by atoms with Crippen molar-refractivity contribution < 1.29 is 4.79 Å². The molecule has 0 bridgehead atoms. The van der Waals surface area contributed by atoms with Crippen molar-refractivity contribution >= 4 is 5.91 Å². The minimum atomic E-state index is -0.123. The molecule has 3 fully saturated rings. The highest BCUT2D eigenvalue weighted by Crippen LogP contribution is 2.29. The average Bonchev–Trinajstić information content (AvgIpc) is 3.43. The fraction of sp³-hybridized carbons (Fsp3) is 0.682. The fourth-order valence-corrected chi connectivity index (χ4v) is 5.08. The number of aryl methyl sites for hydroxylation is 1. The highest BCUT2D eigenvalue weighted by Gasteiger charge is 2.38. The summed E-state index contributed by atoms with van der Waals surface area (Å²) in [7, 11) is 0. The van der Waals surface area contributed by atoms with E-state index in [0.29, 0.717) is 17.9 Å². The number of piperidine rings is 1. The van der Waals surface area contributed by atoms with Gasteiger partial charge in [-0.25, -0.2) is 10.9 Å². The van der Waals surface area contributed by atoms with E-state index in [1.54, 1.807) is 0 Å². The fourth-order valence-electron chi connectivity index (χ4n) is 5.08. The molecule has 3 aliphatic heterocycles. The van der Waals surface area contributed by atoms with Crippen LogP contribution in [0.3, 0.4) is 0 Å². The van der Waals surface area contributed by atoms with Crippen molar-refractivity contribution in [2.45, 2.75) is 64.1 Å². The molecular formula is C22H35N5O. The van der Waals surface area contributed by atoms with Gasteiger partial charge in [0.1, 0.15) is 6.04 Å². The first kappa shape index (κ1) is 19.8. The number of amides is 1. The van der Waals surface area contributed by atoms with Crippen molar-refractivity contribution in [3.05, 3.63) is 35.4 Å². The summed E-state index contributed by atoms with van der Waals surface area (Å²) >= 11 is 0. The lowest BCUT2D eigenvalue weighted by molar-refractivity contribution is -0.134. The Morgan fingerprint density at radius 2 is 1.82 bits per heavy atom. The third-order valence-electron chi connectivity index (χ3n) is 7.02. The van der Waals surface area contributed by atoms with Crippen LogP contribution in [0.1, 0.15) is 56.7 Å². The molecule has 3 aliphatic rings. The molecule has 154 valence electrons. The zero-order valence-electron chi connectivity index (χ0n) is 17.2. The first-order valence-corrected chi connectivity index (χ1v) is 11.1. The van der Waals surface area contributed by atoms with E-state index >= 15 is 0 Å². The van der Waals surface area contributed by atoms with Crippen molar-refractivity contribution in [1.82, 2.24) is 26.6 Å². The maximum atomic E-state index is 13.0. The van der Waals surface area contributed by atoms with Crippen LogP contribution in [-0.2, 0) is 11.2 Å². The van der Waals surface area contributed by atoms with Gasteiger partial charge >= 0.3 is 0 Å². The molecule has 0 aromatic heterocycles. The molecule has 1 amide bonds. The number of nitrogens with zero attached hydrogens (tertiary/aromatic N) is 1. The number of carbonyl (C=O) groups is 1. The van der Waals surface area contributed by atoms with Gasteiger partial charge in [-0.2, -0.15) is 0 Å². The number of hydrogen-bond acceptors (Lipinski definition) is 5. The molecule has 4 rings (SSSR count). The lowest BCUT2D eigenvalue weighted by Gasteiger charge is -2.37. The van der Waals surface area contributed by atoms with Crippen LogP contribution < -0.4 is 21.7 Å². The molecule has 1 aromatic carbocycles. The van der Waals surface area contributed by atoms with Gasteiger partial charge in [-0.3, -0.25) is 15.6 Å². The van der Waals surface area contributed by atoms with Crippen LogP contribution in [0, 0.1) is 11.8 Å². The van der Waals surface area contributed by atoms with Gasteiger partial charge in [0.15, 0.2) is 0 Å². The second kappa shape index (κ2) is 8.91. The lowest BCUT2D eigenvalue weighted by atomic mass is 9.82. The molecule has 0 spiro atoms. The number of hydrazine groups is 2. The van der Waals surface area contributed by atoms with Gasteiger partial charge in [0.25, 0.3) is 0 Å². The Bertz CT molecular complexity index is 655. The van der Waals surface area contributed by atoms with Crippen LogP contribution in [0.2, 0.25) is 0 Å². The van der Waals surface area contributed by atoms with Gasteiger partial charge in [0, 0.05) is 31.7 Å². The van der Waals surface area contributed by atoms with Gasteiger partial charge in [0.2, 0.25) is 5.91 Å². The third-order valence-corrected chi connectivity index (χ3v) is 7.02. The minimum Gasteiger partial charge on any atom is -0.341 e. The Hall–Kier alpha value is -1.47. The number of hydrogen-bond donors (Lipinski definition) is 4. The molecule has 0 radical (unpaired) electrons. The van der Waals surface area contributed by atoms with E-state index in [9.17, 15) is 4.79 Å². The molecule has 4 unspecified atom stereocenters. The van der Waals surface area contributed by atoms with E-state index < -0.39 is 0 Å². The summed E-state index contributed by atoms with van der Waals surface area (Å²) in [4.78, 5) is 15.1. The summed E-state index contributed by atoms with van der Waals surface area (Å²) in [5.74, 6) is 1.64. The number of carbonyl (C=O) groups excluding carboxylic acids is 1. The molecule has 4 atom stereocenters. The van der Waals surface area contributed by atoms with E-state index in [-0.39, 0.29) is 18.0 Å². The summed E-state index contributed by atoms with van der Waals surface area (Å²) < 4.78 is 0. The van der Waals surface area contributed by atoms with E-state index in [4.69, 9.17) is 0 Å². The molecule has 1 aromatic rings. The van der Waals surface area contributed by atoms with Crippen LogP contribution in [0.5, 0.6) is 0 Å². The standard InChI is InChI=1S/C22H35N5O/c1-3-15-5-7-17(8-6-15)19-13-20(25-24-19)22(28)27-11-9-18(10-12-27)21-16(4-2)14-23-26-21/h5-8,16,18-21,23-26H,3-4,9-14H2,1-2H3. The van der Waals surface area contributed by atoms with Crippen molar-refractivity contribution in [2.24, 2.45) is 11.8 Å². The van der Waals surface area contributed by atoms with E-state index in [0.717, 1.165) is 45.3 Å². The molecule has 3 heterocycles. The quantitative estimate of drug-likeness (QED) is 0.623. The molecule has 6 nitrogen and oxygen atoms in total. The highest BCUT2D eigenvalue weighted by molar-refractivity contribution is 5.82.